The van der Waals surface area contributed by atoms with Crippen molar-refractivity contribution in [3.8, 4) is 0 Å². The largest absolute Gasteiger partial charge is 0.481 e. The van der Waals surface area contributed by atoms with Crippen LogP contribution in [0.2, 0.25) is 0 Å². The third-order valence-corrected chi connectivity index (χ3v) is 5.99. The topological polar surface area (TPSA) is 66.4 Å². The number of rotatable bonds is 3. The van der Waals surface area contributed by atoms with Gasteiger partial charge in [-0.3, -0.25) is 9.59 Å². The van der Waals surface area contributed by atoms with E-state index in [1.807, 2.05) is 12.2 Å². The Labute approximate surface area is 126 Å². The number of amides is 1. The van der Waals surface area contributed by atoms with Crippen LogP contribution in [-0.2, 0) is 9.59 Å². The molecule has 0 saturated heterocycles. The Kier molecular flexibility index (Phi) is 3.80. The quantitative estimate of drug-likeness (QED) is 0.785. The molecule has 0 aliphatic heterocycles. The van der Waals surface area contributed by atoms with Gasteiger partial charge in [0, 0.05) is 6.04 Å². The van der Waals surface area contributed by atoms with E-state index in [0.717, 1.165) is 31.6 Å². The molecule has 3 aliphatic carbocycles. The van der Waals surface area contributed by atoms with Crippen LogP contribution in [0, 0.1) is 35.5 Å². The van der Waals surface area contributed by atoms with E-state index in [1.165, 1.54) is 0 Å². The van der Waals surface area contributed by atoms with Crippen molar-refractivity contribution in [3.63, 3.8) is 0 Å². The molecular formula is C17H25NO3. The second-order valence-electron chi connectivity index (χ2n) is 7.31. The summed E-state index contributed by atoms with van der Waals surface area (Å²) in [5.74, 6) is -0.241. The van der Waals surface area contributed by atoms with Gasteiger partial charge in [0.2, 0.25) is 5.91 Å². The van der Waals surface area contributed by atoms with E-state index < -0.39 is 11.9 Å². The molecule has 0 aromatic carbocycles. The molecule has 21 heavy (non-hydrogen) atoms. The van der Waals surface area contributed by atoms with E-state index >= 15 is 0 Å². The first kappa shape index (κ1) is 14.6. The number of hydrogen-bond acceptors (Lipinski definition) is 2. The molecule has 4 heteroatoms. The molecule has 3 aliphatic rings. The van der Waals surface area contributed by atoms with Crippen LogP contribution in [-0.4, -0.2) is 23.0 Å². The van der Waals surface area contributed by atoms with E-state index in [4.69, 9.17) is 0 Å². The summed E-state index contributed by atoms with van der Waals surface area (Å²) < 4.78 is 0. The normalized spacial score (nSPS) is 44.8. The van der Waals surface area contributed by atoms with E-state index in [-0.39, 0.29) is 29.7 Å². The summed E-state index contributed by atoms with van der Waals surface area (Å²) in [5, 5.41) is 12.6. The molecule has 2 saturated carbocycles. The third-order valence-electron chi connectivity index (χ3n) is 5.99. The highest BCUT2D eigenvalue weighted by Gasteiger charge is 2.51. The van der Waals surface area contributed by atoms with Gasteiger partial charge in [0.25, 0.3) is 0 Å². The van der Waals surface area contributed by atoms with Crippen molar-refractivity contribution >= 4 is 11.9 Å². The molecule has 116 valence electrons. The van der Waals surface area contributed by atoms with Crippen LogP contribution in [0.1, 0.15) is 39.5 Å². The lowest BCUT2D eigenvalue weighted by atomic mass is 9.78. The molecule has 1 amide bonds. The van der Waals surface area contributed by atoms with Gasteiger partial charge in [-0.1, -0.05) is 26.0 Å². The fourth-order valence-electron chi connectivity index (χ4n) is 4.49. The number of hydrogen-bond donors (Lipinski definition) is 2. The van der Waals surface area contributed by atoms with Gasteiger partial charge in [-0.15, -0.1) is 0 Å². The van der Waals surface area contributed by atoms with Gasteiger partial charge in [0.15, 0.2) is 0 Å². The molecule has 2 bridgehead atoms. The number of fused-ring (bicyclic) bond motifs is 2. The van der Waals surface area contributed by atoms with Crippen LogP contribution in [0.4, 0.5) is 0 Å². The van der Waals surface area contributed by atoms with Gasteiger partial charge < -0.3 is 10.4 Å². The first-order chi connectivity index (χ1) is 9.97. The molecule has 3 rings (SSSR count). The van der Waals surface area contributed by atoms with Crippen LogP contribution < -0.4 is 5.32 Å². The molecule has 2 fully saturated rings. The molecular weight excluding hydrogens is 266 g/mol. The highest BCUT2D eigenvalue weighted by Crippen LogP contribution is 2.48. The van der Waals surface area contributed by atoms with Crippen LogP contribution in [0.3, 0.4) is 0 Å². The van der Waals surface area contributed by atoms with Crippen LogP contribution in [0.5, 0.6) is 0 Å². The Morgan fingerprint density at radius 1 is 1.00 bits per heavy atom. The number of carboxylic acid groups (broad SMARTS) is 1. The van der Waals surface area contributed by atoms with E-state index in [9.17, 15) is 14.7 Å². The van der Waals surface area contributed by atoms with Crippen molar-refractivity contribution in [2.45, 2.75) is 45.6 Å². The van der Waals surface area contributed by atoms with E-state index in [0.29, 0.717) is 5.92 Å². The maximum Gasteiger partial charge on any atom is 0.307 e. The molecule has 0 radical (unpaired) electrons. The van der Waals surface area contributed by atoms with Crippen molar-refractivity contribution in [1.29, 1.82) is 0 Å². The van der Waals surface area contributed by atoms with E-state index in [2.05, 4.69) is 19.2 Å². The van der Waals surface area contributed by atoms with Gasteiger partial charge in [0.05, 0.1) is 11.8 Å². The Bertz CT molecular complexity index is 473. The summed E-state index contributed by atoms with van der Waals surface area (Å²) in [6.07, 6.45) is 8.03. The summed E-state index contributed by atoms with van der Waals surface area (Å²) in [5.41, 5.74) is 0. The summed E-state index contributed by atoms with van der Waals surface area (Å²) in [4.78, 5) is 24.1. The Morgan fingerprint density at radius 2 is 1.67 bits per heavy atom. The molecule has 2 N–H and O–H groups in total. The second kappa shape index (κ2) is 5.47. The smallest absolute Gasteiger partial charge is 0.307 e. The number of carbonyl (C=O) groups is 2. The summed E-state index contributed by atoms with van der Waals surface area (Å²) in [6.45, 7) is 4.51. The van der Waals surface area contributed by atoms with Crippen molar-refractivity contribution < 1.29 is 14.7 Å². The Balaban J connectivity index is 1.65. The second-order valence-corrected chi connectivity index (χ2v) is 7.31. The number of carboxylic acids is 1. The lowest BCUT2D eigenvalue weighted by Crippen LogP contribution is -2.46. The monoisotopic (exact) mass is 291 g/mol. The zero-order valence-electron chi connectivity index (χ0n) is 12.8. The molecule has 0 aromatic rings. The standard InChI is InChI=1S/C17H25NO3/c1-9-3-6-13(7-10(9)2)18-16(19)14-11-4-5-12(8-11)15(14)17(20)21/h4-5,9-15H,3,6-8H2,1-2H3,(H,18,19)(H,20,21)/t9?,10?,11?,12?,13?,14-,15+/m0/s1. The van der Waals surface area contributed by atoms with E-state index in [1.54, 1.807) is 0 Å². The van der Waals surface area contributed by atoms with Gasteiger partial charge >= 0.3 is 5.97 Å². The Hall–Kier alpha value is -1.32. The molecule has 5 unspecified atom stereocenters. The lowest BCUT2D eigenvalue weighted by Gasteiger charge is -2.34. The minimum Gasteiger partial charge on any atom is -0.481 e. The van der Waals surface area contributed by atoms with Crippen LogP contribution in [0.25, 0.3) is 0 Å². The van der Waals surface area contributed by atoms with Gasteiger partial charge in [-0.2, -0.15) is 0 Å². The Morgan fingerprint density at radius 3 is 2.29 bits per heavy atom. The van der Waals surface area contributed by atoms with Gasteiger partial charge in [-0.05, 0) is 49.4 Å². The minimum atomic E-state index is -0.822. The summed E-state index contributed by atoms with van der Waals surface area (Å²) >= 11 is 0. The molecule has 0 heterocycles. The maximum atomic E-state index is 12.6. The number of aliphatic carboxylic acids is 1. The predicted octanol–water partition coefficient (Wildman–Crippen LogP) is 2.45. The van der Waals surface area contributed by atoms with Crippen molar-refractivity contribution in [2.75, 3.05) is 0 Å². The predicted molar refractivity (Wildman–Crippen MR) is 79.5 cm³/mol. The first-order valence-electron chi connectivity index (χ1n) is 8.19. The average Bonchev–Trinajstić information content (AvgIpc) is 3.03. The SMILES string of the molecule is CC1CCC(NC(=O)[C@H]2C3C=CC(C3)[C@H]2C(=O)O)CC1C. The minimum absolute atomic E-state index is 0.0361. The maximum absolute atomic E-state index is 12.6. The van der Waals surface area contributed by atoms with Crippen molar-refractivity contribution in [2.24, 2.45) is 35.5 Å². The number of allylic oxidation sites excluding steroid dienone is 2. The highest BCUT2D eigenvalue weighted by molar-refractivity contribution is 5.87. The highest BCUT2D eigenvalue weighted by atomic mass is 16.4. The van der Waals surface area contributed by atoms with Crippen LogP contribution in [0.15, 0.2) is 12.2 Å². The number of nitrogens with one attached hydrogen (secondary N) is 1. The van der Waals surface area contributed by atoms with Crippen molar-refractivity contribution in [1.82, 2.24) is 5.32 Å². The zero-order valence-corrected chi connectivity index (χ0v) is 12.8. The van der Waals surface area contributed by atoms with Gasteiger partial charge in [-0.25, -0.2) is 0 Å². The summed E-state index contributed by atoms with van der Waals surface area (Å²) in [7, 11) is 0. The molecule has 0 aromatic heterocycles. The average molecular weight is 291 g/mol. The first-order valence-corrected chi connectivity index (χ1v) is 8.19. The lowest BCUT2D eigenvalue weighted by molar-refractivity contribution is -0.148. The fourth-order valence-corrected chi connectivity index (χ4v) is 4.49. The summed E-state index contributed by atoms with van der Waals surface area (Å²) in [6, 6.07) is 0.223. The number of carbonyl (C=O) groups excluding carboxylic acids is 1. The van der Waals surface area contributed by atoms with Gasteiger partial charge in [0.1, 0.15) is 0 Å². The van der Waals surface area contributed by atoms with Crippen LogP contribution >= 0.6 is 0 Å². The fraction of sp³-hybridized carbons (Fsp3) is 0.765. The third kappa shape index (κ3) is 2.60. The van der Waals surface area contributed by atoms with Crippen molar-refractivity contribution in [3.05, 3.63) is 12.2 Å². The zero-order chi connectivity index (χ0) is 15.1. The molecule has 0 spiro atoms. The molecule has 4 nitrogen and oxygen atoms in total. The molecule has 7 atom stereocenters.